The molecule has 0 aliphatic carbocycles. The number of alkyl halides is 3. The molecule has 3 rings (SSSR count). The Morgan fingerprint density at radius 1 is 1.43 bits per heavy atom. The Kier molecular flexibility index (Phi) is 3.79. The van der Waals surface area contributed by atoms with E-state index in [0.717, 1.165) is 6.07 Å². The highest BCUT2D eigenvalue weighted by Crippen LogP contribution is 2.35. The first kappa shape index (κ1) is 15.8. The molecule has 3 N–H and O–H groups in total. The number of aromatic nitrogens is 2. The van der Waals surface area contributed by atoms with E-state index in [1.54, 1.807) is 17.9 Å². The van der Waals surface area contributed by atoms with Gasteiger partial charge in [0.1, 0.15) is 11.3 Å². The molecule has 1 aromatic heterocycles. The molecule has 1 aliphatic heterocycles. The molecule has 1 aliphatic rings. The second-order valence-electron chi connectivity index (χ2n) is 5.96. The Morgan fingerprint density at radius 2 is 2.13 bits per heavy atom. The van der Waals surface area contributed by atoms with Crippen LogP contribution in [0.3, 0.4) is 0 Å². The average molecular weight is 326 g/mol. The average Bonchev–Trinajstić information content (AvgIpc) is 2.81. The number of amides is 1. The zero-order valence-electron chi connectivity index (χ0n) is 12.6. The fraction of sp³-hybridized carbons (Fsp3) is 0.467. The molecule has 0 unspecified atom stereocenters. The summed E-state index contributed by atoms with van der Waals surface area (Å²) in [6.45, 7) is 2.74. The Bertz CT molecular complexity index is 747. The van der Waals surface area contributed by atoms with Gasteiger partial charge in [-0.15, -0.1) is 0 Å². The topological polar surface area (TPSA) is 75.0 Å². The summed E-state index contributed by atoms with van der Waals surface area (Å²) in [6.07, 6.45) is -3.92. The predicted octanol–water partition coefficient (Wildman–Crippen LogP) is 1.85. The molecule has 1 fully saturated rings. The Labute approximate surface area is 130 Å². The molecule has 0 spiro atoms. The number of nitrogens with zero attached hydrogens (tertiary/aromatic N) is 2. The van der Waals surface area contributed by atoms with Crippen molar-refractivity contribution in [2.75, 3.05) is 19.6 Å². The van der Waals surface area contributed by atoms with Crippen molar-refractivity contribution in [2.24, 2.45) is 11.7 Å². The first-order valence-corrected chi connectivity index (χ1v) is 7.32. The molecular weight excluding hydrogens is 309 g/mol. The van der Waals surface area contributed by atoms with E-state index < -0.39 is 11.7 Å². The third kappa shape index (κ3) is 3.03. The van der Waals surface area contributed by atoms with Gasteiger partial charge in [-0.1, -0.05) is 0 Å². The summed E-state index contributed by atoms with van der Waals surface area (Å²) in [5, 5.41) is 0. The number of H-pyrrole nitrogens is 1. The third-order valence-electron chi connectivity index (χ3n) is 4.05. The summed E-state index contributed by atoms with van der Waals surface area (Å²) in [4.78, 5) is 20.1. The summed E-state index contributed by atoms with van der Waals surface area (Å²) in [5.41, 5.74) is 5.44. The molecule has 0 atom stereocenters. The van der Waals surface area contributed by atoms with Gasteiger partial charge >= 0.3 is 6.18 Å². The van der Waals surface area contributed by atoms with Gasteiger partial charge in [-0.3, -0.25) is 4.79 Å². The van der Waals surface area contributed by atoms with Crippen molar-refractivity contribution >= 4 is 16.9 Å². The first-order valence-electron chi connectivity index (χ1n) is 7.32. The third-order valence-corrected chi connectivity index (χ3v) is 4.05. The van der Waals surface area contributed by atoms with Crippen LogP contribution >= 0.6 is 0 Å². The quantitative estimate of drug-likeness (QED) is 0.904. The lowest BCUT2D eigenvalue weighted by Crippen LogP contribution is -2.52. The van der Waals surface area contributed by atoms with Gasteiger partial charge < -0.3 is 15.6 Å². The maximum Gasteiger partial charge on any atom is 0.418 e. The maximum atomic E-state index is 13.1. The highest BCUT2D eigenvalue weighted by Gasteiger charge is 2.35. The lowest BCUT2D eigenvalue weighted by atomic mass is 9.96. The second-order valence-corrected chi connectivity index (χ2v) is 5.96. The number of aromatic amines is 1. The number of hydrogen-bond acceptors (Lipinski definition) is 3. The van der Waals surface area contributed by atoms with E-state index in [4.69, 9.17) is 5.73 Å². The molecule has 8 heteroatoms. The van der Waals surface area contributed by atoms with Gasteiger partial charge in [0.15, 0.2) is 0 Å². The van der Waals surface area contributed by atoms with Gasteiger partial charge in [-0.25, -0.2) is 4.98 Å². The molecule has 2 heterocycles. The predicted molar refractivity (Wildman–Crippen MR) is 78.7 cm³/mol. The fourth-order valence-corrected chi connectivity index (χ4v) is 2.93. The molecule has 0 bridgehead atoms. The van der Waals surface area contributed by atoms with E-state index >= 15 is 0 Å². The fourth-order valence-electron chi connectivity index (χ4n) is 2.93. The Balaban J connectivity index is 1.80. The van der Waals surface area contributed by atoms with Crippen molar-refractivity contribution in [2.45, 2.75) is 19.5 Å². The van der Waals surface area contributed by atoms with E-state index in [-0.39, 0.29) is 23.9 Å². The van der Waals surface area contributed by atoms with E-state index in [1.165, 1.54) is 0 Å². The monoisotopic (exact) mass is 326 g/mol. The molecule has 124 valence electrons. The maximum absolute atomic E-state index is 13.1. The second kappa shape index (κ2) is 5.52. The molecular formula is C15H17F3N4O. The molecule has 1 amide bonds. The van der Waals surface area contributed by atoms with Crippen LogP contribution in [0.4, 0.5) is 13.2 Å². The van der Waals surface area contributed by atoms with E-state index in [0.29, 0.717) is 36.4 Å². The van der Waals surface area contributed by atoms with Crippen molar-refractivity contribution in [3.63, 3.8) is 0 Å². The number of nitrogens with two attached hydrogens (primary N) is 1. The number of rotatable bonds is 3. The minimum Gasteiger partial charge on any atom is -0.342 e. The van der Waals surface area contributed by atoms with Crippen molar-refractivity contribution in [3.05, 3.63) is 29.1 Å². The van der Waals surface area contributed by atoms with Gasteiger partial charge in [0.05, 0.1) is 17.6 Å². The van der Waals surface area contributed by atoms with Gasteiger partial charge in [0.25, 0.3) is 0 Å². The van der Waals surface area contributed by atoms with Crippen molar-refractivity contribution in [1.82, 2.24) is 14.9 Å². The van der Waals surface area contributed by atoms with Crippen LogP contribution in [0, 0.1) is 12.8 Å². The van der Waals surface area contributed by atoms with E-state index in [1.807, 2.05) is 0 Å². The number of imidazole rings is 1. The van der Waals surface area contributed by atoms with Crippen LogP contribution in [-0.4, -0.2) is 40.4 Å². The summed E-state index contributed by atoms with van der Waals surface area (Å²) in [6, 6.07) is 2.77. The van der Waals surface area contributed by atoms with Gasteiger partial charge in [-0.05, 0) is 24.6 Å². The zero-order chi connectivity index (χ0) is 16.8. The van der Waals surface area contributed by atoms with E-state index in [9.17, 15) is 18.0 Å². The largest absolute Gasteiger partial charge is 0.418 e. The summed E-state index contributed by atoms with van der Waals surface area (Å²) in [5.74, 6) is 0.600. The molecule has 5 nitrogen and oxygen atoms in total. The van der Waals surface area contributed by atoms with Crippen molar-refractivity contribution in [1.29, 1.82) is 0 Å². The molecule has 1 aromatic carbocycles. The van der Waals surface area contributed by atoms with Gasteiger partial charge in [0.2, 0.25) is 5.91 Å². The molecule has 23 heavy (non-hydrogen) atoms. The summed E-state index contributed by atoms with van der Waals surface area (Å²) < 4.78 is 39.3. The standard InChI is InChI=1S/C15H17F3N4O/c1-8-2-10(15(16,17)18)14-11(3-8)20-12(21-14)4-9-6-22(7-9)13(23)5-19/h2-3,9H,4-7,19H2,1H3,(H,20,21). The number of aryl methyl sites for hydroxylation is 1. The number of carbonyl (C=O) groups is 1. The Hall–Kier alpha value is -2.09. The van der Waals surface area contributed by atoms with Crippen LogP contribution in [0.1, 0.15) is 17.0 Å². The zero-order valence-corrected chi connectivity index (χ0v) is 12.6. The van der Waals surface area contributed by atoms with Gasteiger partial charge in [0, 0.05) is 25.4 Å². The summed E-state index contributed by atoms with van der Waals surface area (Å²) >= 11 is 0. The van der Waals surface area contributed by atoms with Crippen LogP contribution in [0.25, 0.3) is 11.0 Å². The minimum atomic E-state index is -4.43. The number of carbonyl (C=O) groups excluding carboxylic acids is 1. The number of benzene rings is 1. The number of likely N-dealkylation sites (tertiary alicyclic amines) is 1. The normalized spacial score (nSPS) is 16.0. The van der Waals surface area contributed by atoms with Crippen LogP contribution in [-0.2, 0) is 17.4 Å². The highest BCUT2D eigenvalue weighted by molar-refractivity contribution is 5.80. The molecule has 0 saturated carbocycles. The SMILES string of the molecule is Cc1cc(C(F)(F)F)c2nc(CC3CN(C(=O)CN)C3)[nH]c2c1. The minimum absolute atomic E-state index is 0.0222. The van der Waals surface area contributed by atoms with Crippen molar-refractivity contribution in [3.8, 4) is 0 Å². The smallest absolute Gasteiger partial charge is 0.342 e. The lowest BCUT2D eigenvalue weighted by Gasteiger charge is -2.38. The van der Waals surface area contributed by atoms with E-state index in [2.05, 4.69) is 9.97 Å². The van der Waals surface area contributed by atoms with Crippen molar-refractivity contribution < 1.29 is 18.0 Å². The highest BCUT2D eigenvalue weighted by atomic mass is 19.4. The Morgan fingerprint density at radius 3 is 2.74 bits per heavy atom. The number of nitrogens with one attached hydrogen (secondary N) is 1. The van der Waals surface area contributed by atoms with Gasteiger partial charge in [-0.2, -0.15) is 13.2 Å². The van der Waals surface area contributed by atoms with Crippen LogP contribution in [0.15, 0.2) is 12.1 Å². The van der Waals surface area contributed by atoms with Crippen LogP contribution < -0.4 is 5.73 Å². The van der Waals surface area contributed by atoms with Crippen LogP contribution in [0.2, 0.25) is 0 Å². The summed E-state index contributed by atoms with van der Waals surface area (Å²) in [7, 11) is 0. The lowest BCUT2D eigenvalue weighted by molar-refractivity contribution is -0.137. The molecule has 1 saturated heterocycles. The molecule has 2 aromatic rings. The number of hydrogen-bond donors (Lipinski definition) is 2. The first-order chi connectivity index (χ1) is 10.8. The van der Waals surface area contributed by atoms with Crippen LogP contribution in [0.5, 0.6) is 0 Å². The number of fused-ring (bicyclic) bond motifs is 1. The molecule has 0 radical (unpaired) electrons. The number of halogens is 3.